The molecule has 3 heterocycles. The van der Waals surface area contributed by atoms with Gasteiger partial charge in [-0.05, 0) is 53.9 Å². The molecule has 0 atom stereocenters. The Balaban J connectivity index is 1.41. The van der Waals surface area contributed by atoms with Gasteiger partial charge in [-0.15, -0.1) is 5.10 Å². The molecule has 1 N–H and O–H groups in total. The molecule has 156 valence electrons. The van der Waals surface area contributed by atoms with Gasteiger partial charge in [-0.1, -0.05) is 5.21 Å². The van der Waals surface area contributed by atoms with Crippen LogP contribution in [0.25, 0.3) is 27.8 Å². The van der Waals surface area contributed by atoms with E-state index in [0.717, 1.165) is 0 Å². The fourth-order valence-electron chi connectivity index (χ4n) is 3.58. The Hall–Kier alpha value is -3.85. The van der Waals surface area contributed by atoms with Crippen molar-refractivity contribution in [2.75, 3.05) is 26.3 Å². The second-order valence-corrected chi connectivity index (χ2v) is 7.24. The number of hydrogen-bond donors (Lipinski definition) is 1. The molecule has 2 aromatic heterocycles. The van der Waals surface area contributed by atoms with E-state index in [1.54, 1.807) is 47.5 Å². The molecule has 31 heavy (non-hydrogen) atoms. The highest BCUT2D eigenvalue weighted by Crippen LogP contribution is 2.20. The zero-order valence-electron chi connectivity index (χ0n) is 16.4. The third-order valence-corrected chi connectivity index (χ3v) is 5.25. The van der Waals surface area contributed by atoms with Crippen molar-refractivity contribution >= 4 is 16.8 Å². The van der Waals surface area contributed by atoms with E-state index in [2.05, 4.69) is 15.3 Å². The molecule has 2 aromatic carbocycles. The molecule has 0 saturated carbocycles. The number of aromatic amines is 1. The molecule has 8 nitrogen and oxygen atoms in total. The molecule has 1 aliphatic rings. The lowest BCUT2D eigenvalue weighted by Gasteiger charge is -2.26. The van der Waals surface area contributed by atoms with Crippen LogP contribution in [0, 0.1) is 5.82 Å². The van der Waals surface area contributed by atoms with Crippen molar-refractivity contribution in [3.8, 4) is 16.9 Å². The van der Waals surface area contributed by atoms with E-state index >= 15 is 0 Å². The highest BCUT2D eigenvalue weighted by atomic mass is 19.1. The summed E-state index contributed by atoms with van der Waals surface area (Å²) in [7, 11) is 0. The third kappa shape index (κ3) is 3.71. The molecule has 0 aliphatic carbocycles. The number of amides is 1. The molecular formula is C22H18FN5O3. The van der Waals surface area contributed by atoms with Crippen LogP contribution in [-0.4, -0.2) is 57.1 Å². The van der Waals surface area contributed by atoms with Gasteiger partial charge in [-0.25, -0.2) is 9.07 Å². The number of hydrogen-bond acceptors (Lipinski definition) is 5. The number of ether oxygens (including phenoxy) is 1. The molecule has 1 aliphatic heterocycles. The fraction of sp³-hybridized carbons (Fsp3) is 0.182. The van der Waals surface area contributed by atoms with Crippen molar-refractivity contribution in [3.63, 3.8) is 0 Å². The Bertz CT molecular complexity index is 1320. The number of fused-ring (bicyclic) bond motifs is 1. The number of carbonyl (C=O) groups is 1. The maximum absolute atomic E-state index is 13.4. The number of aromatic nitrogens is 4. The largest absolute Gasteiger partial charge is 0.378 e. The first kappa shape index (κ1) is 19.1. The quantitative estimate of drug-likeness (QED) is 0.550. The number of nitrogens with zero attached hydrogens (tertiary/aromatic N) is 4. The van der Waals surface area contributed by atoms with Gasteiger partial charge in [-0.3, -0.25) is 9.59 Å². The van der Waals surface area contributed by atoms with Gasteiger partial charge in [0, 0.05) is 18.7 Å². The van der Waals surface area contributed by atoms with Crippen LogP contribution in [0.15, 0.2) is 59.5 Å². The summed E-state index contributed by atoms with van der Waals surface area (Å²) in [4.78, 5) is 29.5. The summed E-state index contributed by atoms with van der Waals surface area (Å²) < 4.78 is 20.2. The zero-order chi connectivity index (χ0) is 21.4. The predicted molar refractivity (Wildman–Crippen MR) is 112 cm³/mol. The summed E-state index contributed by atoms with van der Waals surface area (Å²) in [6, 6.07) is 12.9. The van der Waals surface area contributed by atoms with Crippen LogP contribution in [0.4, 0.5) is 4.39 Å². The molecule has 9 heteroatoms. The van der Waals surface area contributed by atoms with Crippen LogP contribution in [0.2, 0.25) is 0 Å². The standard InChI is InChI=1S/C22H18FN5O3/c23-16-4-1-15-11-18(21(29)24-19(15)12-16)20-13-28(26-25-20)17-5-2-14(3-6-17)22(30)27-7-9-31-10-8-27/h1-6,11-13H,7-10H2,(H,24,29). The van der Waals surface area contributed by atoms with Crippen LogP contribution < -0.4 is 5.56 Å². The van der Waals surface area contributed by atoms with Gasteiger partial charge >= 0.3 is 0 Å². The van der Waals surface area contributed by atoms with Crippen LogP contribution in [0.3, 0.4) is 0 Å². The Morgan fingerprint density at radius 1 is 1.06 bits per heavy atom. The van der Waals surface area contributed by atoms with Crippen molar-refractivity contribution in [2.45, 2.75) is 0 Å². The van der Waals surface area contributed by atoms with Crippen LogP contribution >= 0.6 is 0 Å². The number of nitrogens with one attached hydrogen (secondary N) is 1. The Kier molecular flexibility index (Phi) is 4.79. The van der Waals surface area contributed by atoms with Gasteiger partial charge < -0.3 is 14.6 Å². The molecule has 5 rings (SSSR count). The minimum absolute atomic E-state index is 0.0340. The Morgan fingerprint density at radius 3 is 2.61 bits per heavy atom. The van der Waals surface area contributed by atoms with Gasteiger partial charge in [0.1, 0.15) is 11.5 Å². The van der Waals surface area contributed by atoms with Gasteiger partial charge in [-0.2, -0.15) is 0 Å². The number of H-pyrrole nitrogens is 1. The highest BCUT2D eigenvalue weighted by molar-refractivity contribution is 5.94. The van der Waals surface area contributed by atoms with E-state index < -0.39 is 5.82 Å². The number of halogens is 1. The number of benzene rings is 2. The third-order valence-electron chi connectivity index (χ3n) is 5.25. The lowest BCUT2D eigenvalue weighted by atomic mass is 10.1. The van der Waals surface area contributed by atoms with E-state index in [1.807, 2.05) is 0 Å². The van der Waals surface area contributed by atoms with Crippen LogP contribution in [0.1, 0.15) is 10.4 Å². The van der Waals surface area contributed by atoms with Gasteiger partial charge in [0.25, 0.3) is 11.5 Å². The van der Waals surface area contributed by atoms with E-state index in [4.69, 9.17) is 4.74 Å². The van der Waals surface area contributed by atoms with E-state index in [0.29, 0.717) is 59.7 Å². The van der Waals surface area contributed by atoms with E-state index in [9.17, 15) is 14.0 Å². The minimum atomic E-state index is -0.419. The summed E-state index contributed by atoms with van der Waals surface area (Å²) in [5, 5.41) is 8.90. The average Bonchev–Trinajstić information content (AvgIpc) is 3.29. The zero-order valence-corrected chi connectivity index (χ0v) is 16.4. The smallest absolute Gasteiger partial charge is 0.258 e. The number of pyridine rings is 1. The predicted octanol–water partition coefficient (Wildman–Crippen LogP) is 2.39. The molecule has 1 saturated heterocycles. The van der Waals surface area contributed by atoms with Crippen molar-refractivity contribution in [3.05, 3.63) is 76.5 Å². The van der Waals surface area contributed by atoms with Crippen LogP contribution in [-0.2, 0) is 4.74 Å². The fourth-order valence-corrected chi connectivity index (χ4v) is 3.58. The molecule has 1 fully saturated rings. The summed E-state index contributed by atoms with van der Waals surface area (Å²) in [5.74, 6) is -0.453. The maximum atomic E-state index is 13.4. The lowest BCUT2D eigenvalue weighted by Crippen LogP contribution is -2.40. The molecule has 0 unspecified atom stereocenters. The summed E-state index contributed by atoms with van der Waals surface area (Å²) in [5.41, 5.74) is 2.06. The lowest BCUT2D eigenvalue weighted by molar-refractivity contribution is 0.0303. The van der Waals surface area contributed by atoms with Gasteiger partial charge in [0.15, 0.2) is 0 Å². The summed E-state index contributed by atoms with van der Waals surface area (Å²) >= 11 is 0. The number of carbonyl (C=O) groups excluding carboxylic acids is 1. The van der Waals surface area contributed by atoms with Crippen molar-refractivity contribution in [2.24, 2.45) is 0 Å². The normalized spacial score (nSPS) is 14.2. The van der Waals surface area contributed by atoms with E-state index in [-0.39, 0.29) is 11.5 Å². The first-order chi connectivity index (χ1) is 15.1. The van der Waals surface area contributed by atoms with Gasteiger partial charge in [0.05, 0.1) is 36.2 Å². The number of morpholine rings is 1. The first-order valence-corrected chi connectivity index (χ1v) is 9.81. The second-order valence-electron chi connectivity index (χ2n) is 7.24. The van der Waals surface area contributed by atoms with Crippen molar-refractivity contribution < 1.29 is 13.9 Å². The number of rotatable bonds is 3. The summed E-state index contributed by atoms with van der Waals surface area (Å²) in [6.07, 6.45) is 1.64. The molecule has 4 aromatic rings. The molecule has 1 amide bonds. The topological polar surface area (TPSA) is 93.1 Å². The highest BCUT2D eigenvalue weighted by Gasteiger charge is 2.18. The Morgan fingerprint density at radius 2 is 1.84 bits per heavy atom. The van der Waals surface area contributed by atoms with E-state index in [1.165, 1.54) is 16.8 Å². The average molecular weight is 419 g/mol. The maximum Gasteiger partial charge on any atom is 0.258 e. The molecule has 0 spiro atoms. The minimum Gasteiger partial charge on any atom is -0.378 e. The van der Waals surface area contributed by atoms with Crippen molar-refractivity contribution in [1.82, 2.24) is 24.9 Å². The molecule has 0 bridgehead atoms. The molecule has 0 radical (unpaired) electrons. The van der Waals surface area contributed by atoms with Gasteiger partial charge in [0.2, 0.25) is 0 Å². The second kappa shape index (κ2) is 7.77. The first-order valence-electron chi connectivity index (χ1n) is 9.81. The Labute approximate surface area is 175 Å². The monoisotopic (exact) mass is 419 g/mol. The van der Waals surface area contributed by atoms with Crippen molar-refractivity contribution in [1.29, 1.82) is 0 Å². The molecular weight excluding hydrogens is 401 g/mol. The van der Waals surface area contributed by atoms with Crippen LogP contribution in [0.5, 0.6) is 0 Å². The summed E-state index contributed by atoms with van der Waals surface area (Å²) in [6.45, 7) is 2.27. The SMILES string of the molecule is O=C(c1ccc(-n2cc(-c3cc4ccc(F)cc4[nH]c3=O)nn2)cc1)N1CCOCC1.